The SMILES string of the molecule is CCNC(C)(CO)CCN(C)C(CC)CC. The van der Waals surface area contributed by atoms with E-state index in [-0.39, 0.29) is 12.1 Å². The monoisotopic (exact) mass is 230 g/mol. The van der Waals surface area contributed by atoms with E-state index in [9.17, 15) is 5.11 Å². The minimum atomic E-state index is -0.130. The Bertz CT molecular complexity index is 171. The topological polar surface area (TPSA) is 35.5 Å². The Morgan fingerprint density at radius 2 is 1.81 bits per heavy atom. The number of rotatable bonds is 9. The highest BCUT2D eigenvalue weighted by Gasteiger charge is 2.23. The third-order valence-electron chi connectivity index (χ3n) is 3.53. The first-order valence-electron chi connectivity index (χ1n) is 6.59. The highest BCUT2D eigenvalue weighted by atomic mass is 16.3. The molecule has 0 spiro atoms. The fourth-order valence-electron chi connectivity index (χ4n) is 2.17. The largest absolute Gasteiger partial charge is 0.394 e. The fourth-order valence-corrected chi connectivity index (χ4v) is 2.17. The second-order valence-electron chi connectivity index (χ2n) is 4.95. The quantitative estimate of drug-likeness (QED) is 0.634. The number of nitrogens with one attached hydrogen (secondary N) is 1. The van der Waals surface area contributed by atoms with Gasteiger partial charge < -0.3 is 15.3 Å². The van der Waals surface area contributed by atoms with Crippen molar-refractivity contribution in [3.63, 3.8) is 0 Å². The van der Waals surface area contributed by atoms with E-state index >= 15 is 0 Å². The smallest absolute Gasteiger partial charge is 0.0611 e. The summed E-state index contributed by atoms with van der Waals surface area (Å²) in [6, 6.07) is 0.671. The third-order valence-corrected chi connectivity index (χ3v) is 3.53. The van der Waals surface area contributed by atoms with Crippen LogP contribution < -0.4 is 5.32 Å². The maximum Gasteiger partial charge on any atom is 0.0611 e. The van der Waals surface area contributed by atoms with Crippen molar-refractivity contribution in [1.82, 2.24) is 10.2 Å². The molecule has 0 aliphatic carbocycles. The van der Waals surface area contributed by atoms with Crippen molar-refractivity contribution in [3.8, 4) is 0 Å². The van der Waals surface area contributed by atoms with Crippen LogP contribution >= 0.6 is 0 Å². The van der Waals surface area contributed by atoms with Crippen LogP contribution in [0.3, 0.4) is 0 Å². The van der Waals surface area contributed by atoms with Crippen LogP contribution in [0, 0.1) is 0 Å². The molecule has 0 heterocycles. The van der Waals surface area contributed by atoms with E-state index in [1.807, 2.05) is 0 Å². The molecule has 0 aliphatic rings. The van der Waals surface area contributed by atoms with Crippen LogP contribution in [0.1, 0.15) is 47.0 Å². The summed E-state index contributed by atoms with van der Waals surface area (Å²) in [5, 5.41) is 12.8. The minimum Gasteiger partial charge on any atom is -0.394 e. The van der Waals surface area contributed by atoms with Crippen molar-refractivity contribution in [2.45, 2.75) is 58.5 Å². The summed E-state index contributed by atoms with van der Waals surface area (Å²) in [7, 11) is 2.18. The molecular formula is C13H30N2O. The molecule has 0 fully saturated rings. The second kappa shape index (κ2) is 8.04. The molecule has 0 radical (unpaired) electrons. The zero-order valence-corrected chi connectivity index (χ0v) is 11.7. The van der Waals surface area contributed by atoms with Crippen LogP contribution in [-0.4, -0.2) is 48.3 Å². The Morgan fingerprint density at radius 1 is 1.25 bits per heavy atom. The average molecular weight is 230 g/mol. The lowest BCUT2D eigenvalue weighted by Gasteiger charge is -2.33. The zero-order valence-electron chi connectivity index (χ0n) is 11.7. The molecule has 1 atom stereocenters. The standard InChI is InChI=1S/C13H30N2O/c1-6-12(7-2)15(5)10-9-13(4,11-16)14-8-3/h12,14,16H,6-11H2,1-5H3. The highest BCUT2D eigenvalue weighted by Crippen LogP contribution is 2.12. The summed E-state index contributed by atoms with van der Waals surface area (Å²) < 4.78 is 0. The molecular weight excluding hydrogens is 200 g/mol. The van der Waals surface area contributed by atoms with Gasteiger partial charge in [-0.05, 0) is 46.3 Å². The number of aliphatic hydroxyl groups is 1. The van der Waals surface area contributed by atoms with E-state index in [2.05, 4.69) is 45.0 Å². The maximum atomic E-state index is 9.40. The molecule has 98 valence electrons. The summed E-state index contributed by atoms with van der Waals surface area (Å²) in [5.74, 6) is 0. The number of hydrogen-bond acceptors (Lipinski definition) is 3. The summed E-state index contributed by atoms with van der Waals surface area (Å²) >= 11 is 0. The van der Waals surface area contributed by atoms with Gasteiger partial charge in [-0.2, -0.15) is 0 Å². The molecule has 3 nitrogen and oxygen atoms in total. The van der Waals surface area contributed by atoms with Crippen molar-refractivity contribution < 1.29 is 5.11 Å². The first-order chi connectivity index (χ1) is 7.52. The van der Waals surface area contributed by atoms with E-state index in [0.29, 0.717) is 6.04 Å². The van der Waals surface area contributed by atoms with E-state index < -0.39 is 0 Å². The van der Waals surface area contributed by atoms with Crippen LogP contribution in [0.15, 0.2) is 0 Å². The lowest BCUT2D eigenvalue weighted by Crippen LogP contribution is -2.48. The lowest BCUT2D eigenvalue weighted by molar-refractivity contribution is 0.139. The second-order valence-corrected chi connectivity index (χ2v) is 4.95. The Morgan fingerprint density at radius 3 is 2.19 bits per heavy atom. The van der Waals surface area contributed by atoms with Gasteiger partial charge in [0.2, 0.25) is 0 Å². The van der Waals surface area contributed by atoms with Crippen molar-refractivity contribution in [2.24, 2.45) is 0 Å². The van der Waals surface area contributed by atoms with E-state index in [1.165, 1.54) is 12.8 Å². The van der Waals surface area contributed by atoms with Crippen molar-refractivity contribution >= 4 is 0 Å². The Kier molecular flexibility index (Phi) is 7.98. The number of hydrogen-bond donors (Lipinski definition) is 2. The number of aliphatic hydroxyl groups excluding tert-OH is 1. The van der Waals surface area contributed by atoms with Crippen molar-refractivity contribution in [1.29, 1.82) is 0 Å². The van der Waals surface area contributed by atoms with Gasteiger partial charge in [0.25, 0.3) is 0 Å². The van der Waals surface area contributed by atoms with Gasteiger partial charge in [-0.15, -0.1) is 0 Å². The third kappa shape index (κ3) is 5.28. The molecule has 0 saturated heterocycles. The van der Waals surface area contributed by atoms with Crippen LogP contribution in [0.5, 0.6) is 0 Å². The molecule has 0 saturated carbocycles. The van der Waals surface area contributed by atoms with Gasteiger partial charge in [0, 0.05) is 11.6 Å². The van der Waals surface area contributed by atoms with Crippen LogP contribution in [0.2, 0.25) is 0 Å². The molecule has 0 aromatic carbocycles. The summed E-state index contributed by atoms with van der Waals surface area (Å²) in [4.78, 5) is 2.41. The molecule has 0 aromatic rings. The summed E-state index contributed by atoms with van der Waals surface area (Å²) in [6.45, 7) is 10.8. The Balaban J connectivity index is 4.09. The molecule has 0 bridgehead atoms. The van der Waals surface area contributed by atoms with Gasteiger partial charge >= 0.3 is 0 Å². The summed E-state index contributed by atoms with van der Waals surface area (Å²) in [6.07, 6.45) is 3.39. The Labute approximate surface area is 101 Å². The van der Waals surface area contributed by atoms with E-state index in [4.69, 9.17) is 0 Å². The molecule has 0 aliphatic heterocycles. The van der Waals surface area contributed by atoms with E-state index in [1.54, 1.807) is 0 Å². The fraction of sp³-hybridized carbons (Fsp3) is 1.00. The van der Waals surface area contributed by atoms with Gasteiger partial charge in [-0.25, -0.2) is 0 Å². The van der Waals surface area contributed by atoms with Crippen LogP contribution in [0.4, 0.5) is 0 Å². The van der Waals surface area contributed by atoms with Gasteiger partial charge in [0.15, 0.2) is 0 Å². The first-order valence-corrected chi connectivity index (χ1v) is 6.59. The van der Waals surface area contributed by atoms with Crippen molar-refractivity contribution in [3.05, 3.63) is 0 Å². The van der Waals surface area contributed by atoms with Crippen LogP contribution in [-0.2, 0) is 0 Å². The molecule has 2 N–H and O–H groups in total. The summed E-state index contributed by atoms with van der Waals surface area (Å²) in [5.41, 5.74) is -0.130. The van der Waals surface area contributed by atoms with Gasteiger partial charge in [-0.3, -0.25) is 0 Å². The molecule has 16 heavy (non-hydrogen) atoms. The predicted molar refractivity (Wildman–Crippen MR) is 70.8 cm³/mol. The number of nitrogens with zero attached hydrogens (tertiary/aromatic N) is 1. The van der Waals surface area contributed by atoms with Crippen molar-refractivity contribution in [2.75, 3.05) is 26.7 Å². The van der Waals surface area contributed by atoms with Gasteiger partial charge in [-0.1, -0.05) is 20.8 Å². The first kappa shape index (κ1) is 15.9. The molecule has 0 rings (SSSR count). The molecule has 0 aromatic heterocycles. The molecule has 1 unspecified atom stereocenters. The normalized spacial score (nSPS) is 15.8. The van der Waals surface area contributed by atoms with Crippen LogP contribution in [0.25, 0.3) is 0 Å². The Hall–Kier alpha value is -0.120. The minimum absolute atomic E-state index is 0.130. The lowest BCUT2D eigenvalue weighted by atomic mass is 9.98. The van der Waals surface area contributed by atoms with Gasteiger partial charge in [0.1, 0.15) is 0 Å². The zero-order chi connectivity index (χ0) is 12.6. The van der Waals surface area contributed by atoms with E-state index in [0.717, 1.165) is 19.5 Å². The maximum absolute atomic E-state index is 9.40. The van der Waals surface area contributed by atoms with Gasteiger partial charge in [0.05, 0.1) is 6.61 Å². The molecule has 0 amide bonds. The average Bonchev–Trinajstić information content (AvgIpc) is 2.28. The predicted octanol–water partition coefficient (Wildman–Crippen LogP) is 1.86. The molecule has 3 heteroatoms. The highest BCUT2D eigenvalue weighted by molar-refractivity contribution is 4.83. The number of likely N-dealkylation sites (N-methyl/N-ethyl adjacent to an activating group) is 1.